The normalized spacial score (nSPS) is 19.5. The molecule has 0 spiro atoms. The average molecular weight is 396 g/mol. The molecule has 1 saturated heterocycles. The molecule has 0 saturated carbocycles. The number of nitrogens with one attached hydrogen (secondary N) is 1. The van der Waals surface area contributed by atoms with E-state index in [2.05, 4.69) is 22.3 Å². The number of rotatable bonds is 6. The lowest BCUT2D eigenvalue weighted by Gasteiger charge is -2.38. The van der Waals surface area contributed by atoms with Gasteiger partial charge in [0, 0.05) is 20.1 Å². The van der Waals surface area contributed by atoms with Crippen LogP contribution in [0.4, 0.5) is 0 Å². The van der Waals surface area contributed by atoms with Crippen LogP contribution < -0.4 is 5.32 Å². The lowest BCUT2D eigenvalue weighted by atomic mass is 9.94. The predicted molar refractivity (Wildman–Crippen MR) is 112 cm³/mol. The number of nitrogens with zero attached hydrogens (tertiary/aromatic N) is 2. The maximum atomic E-state index is 13.0. The molecule has 0 aromatic heterocycles. The predicted octanol–water partition coefficient (Wildman–Crippen LogP) is 2.27. The van der Waals surface area contributed by atoms with Gasteiger partial charge >= 0.3 is 0 Å². The van der Waals surface area contributed by atoms with Crippen molar-refractivity contribution < 1.29 is 14.3 Å². The van der Waals surface area contributed by atoms with Gasteiger partial charge in [0.25, 0.3) is 5.91 Å². The zero-order valence-corrected chi connectivity index (χ0v) is 17.5. The Morgan fingerprint density at radius 2 is 1.79 bits per heavy atom. The molecular weight excluding hydrogens is 366 g/mol. The van der Waals surface area contributed by atoms with Gasteiger partial charge in [-0.1, -0.05) is 48.5 Å². The summed E-state index contributed by atoms with van der Waals surface area (Å²) in [5.74, 6) is -0.339. The molecule has 6 heteroatoms. The number of benzene rings is 2. The molecule has 2 atom stereocenters. The Labute approximate surface area is 172 Å². The van der Waals surface area contributed by atoms with Gasteiger partial charge in [0.2, 0.25) is 5.91 Å². The van der Waals surface area contributed by atoms with E-state index in [9.17, 15) is 9.59 Å². The number of ether oxygens (including phenoxy) is 1. The highest BCUT2D eigenvalue weighted by Gasteiger charge is 2.40. The number of hydrogen-bond acceptors (Lipinski definition) is 4. The van der Waals surface area contributed by atoms with Gasteiger partial charge in [0.05, 0.1) is 6.04 Å². The molecule has 2 aromatic rings. The zero-order chi connectivity index (χ0) is 21.0. The molecule has 1 aliphatic heterocycles. The fourth-order valence-corrected chi connectivity index (χ4v) is 3.64. The minimum Gasteiger partial charge on any atom is -0.356 e. The number of amides is 2. The van der Waals surface area contributed by atoms with Crippen molar-refractivity contribution in [1.29, 1.82) is 0 Å². The van der Waals surface area contributed by atoms with Gasteiger partial charge in [-0.2, -0.15) is 0 Å². The minimum atomic E-state index is -0.744. The SMILES string of the molecule is Cc1ccccc1C1C(C(=O)NCc2ccc(CN(C)C)cc2)OCC(=O)N1C. The van der Waals surface area contributed by atoms with Crippen LogP contribution in [-0.4, -0.2) is 55.5 Å². The fraction of sp³-hybridized carbons (Fsp3) is 0.391. The summed E-state index contributed by atoms with van der Waals surface area (Å²) in [6.45, 7) is 3.18. The molecule has 0 radical (unpaired) electrons. The smallest absolute Gasteiger partial charge is 0.251 e. The van der Waals surface area contributed by atoms with Gasteiger partial charge in [-0.25, -0.2) is 0 Å². The topological polar surface area (TPSA) is 61.9 Å². The van der Waals surface area contributed by atoms with Crippen molar-refractivity contribution in [1.82, 2.24) is 15.1 Å². The summed E-state index contributed by atoms with van der Waals surface area (Å²) < 4.78 is 5.69. The van der Waals surface area contributed by atoms with Gasteiger partial charge in [-0.3, -0.25) is 9.59 Å². The van der Waals surface area contributed by atoms with Gasteiger partial charge in [0.15, 0.2) is 6.10 Å². The summed E-state index contributed by atoms with van der Waals surface area (Å²) in [6.07, 6.45) is -0.744. The summed E-state index contributed by atoms with van der Waals surface area (Å²) in [5, 5.41) is 2.97. The Balaban J connectivity index is 1.71. The molecule has 0 aliphatic carbocycles. The minimum absolute atomic E-state index is 0.0871. The number of likely N-dealkylation sites (N-methyl/N-ethyl adjacent to an activating group) is 1. The quantitative estimate of drug-likeness (QED) is 0.815. The van der Waals surface area contributed by atoms with Crippen LogP contribution in [0.2, 0.25) is 0 Å². The molecule has 1 fully saturated rings. The standard InChI is InChI=1S/C23H29N3O3/c1-16-7-5-6-8-19(16)21-22(29-15-20(27)26(21)4)23(28)24-13-17-9-11-18(12-10-17)14-25(2)3/h5-12,21-22H,13-15H2,1-4H3,(H,24,28). The van der Waals surface area contributed by atoms with Crippen molar-refractivity contribution in [2.75, 3.05) is 27.7 Å². The molecule has 1 N–H and O–H groups in total. The van der Waals surface area contributed by atoms with Crippen LogP contribution >= 0.6 is 0 Å². The number of carbonyl (C=O) groups is 2. The first-order valence-electron chi connectivity index (χ1n) is 9.80. The number of hydrogen-bond donors (Lipinski definition) is 1. The summed E-state index contributed by atoms with van der Waals surface area (Å²) in [6, 6.07) is 15.5. The summed E-state index contributed by atoms with van der Waals surface area (Å²) in [4.78, 5) is 28.9. The highest BCUT2D eigenvalue weighted by molar-refractivity contribution is 5.86. The van der Waals surface area contributed by atoms with Gasteiger partial charge < -0.3 is 19.9 Å². The molecular formula is C23H29N3O3. The van der Waals surface area contributed by atoms with Gasteiger partial charge in [0.1, 0.15) is 6.61 Å². The van der Waals surface area contributed by atoms with Gasteiger partial charge in [-0.15, -0.1) is 0 Å². The first kappa shape index (κ1) is 21.0. The molecule has 2 unspecified atom stereocenters. The van der Waals surface area contributed by atoms with E-state index in [-0.39, 0.29) is 18.4 Å². The summed E-state index contributed by atoms with van der Waals surface area (Å²) in [5.41, 5.74) is 4.20. The van der Waals surface area contributed by atoms with Crippen LogP contribution in [0.3, 0.4) is 0 Å². The molecule has 2 aromatic carbocycles. The third kappa shape index (κ3) is 5.02. The third-order valence-corrected chi connectivity index (χ3v) is 5.24. The Morgan fingerprint density at radius 3 is 2.45 bits per heavy atom. The second-order valence-corrected chi connectivity index (χ2v) is 7.81. The Kier molecular flexibility index (Phi) is 6.67. The average Bonchev–Trinajstić information content (AvgIpc) is 2.69. The first-order valence-corrected chi connectivity index (χ1v) is 9.80. The van der Waals surface area contributed by atoms with Crippen molar-refractivity contribution in [3.63, 3.8) is 0 Å². The molecule has 2 amide bonds. The molecule has 1 aliphatic rings. The van der Waals surface area contributed by atoms with Crippen LogP contribution in [-0.2, 0) is 27.4 Å². The third-order valence-electron chi connectivity index (χ3n) is 5.24. The first-order chi connectivity index (χ1) is 13.9. The number of morpholine rings is 1. The van der Waals surface area contributed by atoms with Crippen molar-refractivity contribution in [2.45, 2.75) is 32.2 Å². The summed E-state index contributed by atoms with van der Waals surface area (Å²) >= 11 is 0. The maximum absolute atomic E-state index is 13.0. The highest BCUT2D eigenvalue weighted by atomic mass is 16.5. The second kappa shape index (κ2) is 9.20. The van der Waals surface area contributed by atoms with Crippen molar-refractivity contribution in [3.05, 3.63) is 70.8 Å². The van der Waals surface area contributed by atoms with Crippen LogP contribution in [0.15, 0.2) is 48.5 Å². The lowest BCUT2D eigenvalue weighted by molar-refractivity contribution is -0.162. The van der Waals surface area contributed by atoms with E-state index in [1.165, 1.54) is 5.56 Å². The molecule has 6 nitrogen and oxygen atoms in total. The maximum Gasteiger partial charge on any atom is 0.251 e. The lowest BCUT2D eigenvalue weighted by Crippen LogP contribution is -2.53. The van der Waals surface area contributed by atoms with E-state index in [4.69, 9.17) is 4.74 Å². The highest BCUT2D eigenvalue weighted by Crippen LogP contribution is 2.31. The van der Waals surface area contributed by atoms with Crippen molar-refractivity contribution >= 4 is 11.8 Å². The van der Waals surface area contributed by atoms with E-state index in [1.807, 2.05) is 57.4 Å². The molecule has 154 valence electrons. The second-order valence-electron chi connectivity index (χ2n) is 7.81. The molecule has 0 bridgehead atoms. The van der Waals surface area contributed by atoms with Crippen molar-refractivity contribution in [3.8, 4) is 0 Å². The van der Waals surface area contributed by atoms with E-state index in [0.29, 0.717) is 6.54 Å². The van der Waals surface area contributed by atoms with E-state index < -0.39 is 12.1 Å². The fourth-order valence-electron chi connectivity index (χ4n) is 3.64. The summed E-state index contributed by atoms with van der Waals surface area (Å²) in [7, 11) is 5.79. The Bertz CT molecular complexity index is 864. The van der Waals surface area contributed by atoms with Crippen LogP contribution in [0.1, 0.15) is 28.3 Å². The number of carbonyl (C=O) groups excluding carboxylic acids is 2. The van der Waals surface area contributed by atoms with Crippen LogP contribution in [0.5, 0.6) is 0 Å². The van der Waals surface area contributed by atoms with Crippen LogP contribution in [0.25, 0.3) is 0 Å². The molecule has 3 rings (SSSR count). The molecule has 29 heavy (non-hydrogen) atoms. The van der Waals surface area contributed by atoms with Gasteiger partial charge in [-0.05, 0) is 43.3 Å². The van der Waals surface area contributed by atoms with E-state index in [1.54, 1.807) is 11.9 Å². The van der Waals surface area contributed by atoms with E-state index in [0.717, 1.165) is 23.2 Å². The van der Waals surface area contributed by atoms with Crippen LogP contribution in [0, 0.1) is 6.92 Å². The zero-order valence-electron chi connectivity index (χ0n) is 17.5. The number of aryl methyl sites for hydroxylation is 1. The Morgan fingerprint density at radius 1 is 1.14 bits per heavy atom. The van der Waals surface area contributed by atoms with Crippen molar-refractivity contribution in [2.24, 2.45) is 0 Å². The van der Waals surface area contributed by atoms with E-state index >= 15 is 0 Å². The largest absolute Gasteiger partial charge is 0.356 e. The Hall–Kier alpha value is -2.70. The monoisotopic (exact) mass is 395 g/mol. The molecule has 1 heterocycles.